The molecule has 15 heavy (non-hydrogen) atoms. The topological polar surface area (TPSA) is 0 Å². The molecule has 1 fully saturated rings. The fraction of sp³-hybridized carbons (Fsp3) is 1.00. The van der Waals surface area contributed by atoms with Crippen molar-refractivity contribution < 1.29 is 0 Å². The third-order valence-corrected chi connectivity index (χ3v) is 3.88. The zero-order chi connectivity index (χ0) is 11.5. The van der Waals surface area contributed by atoms with Gasteiger partial charge in [0.05, 0.1) is 0 Å². The molecule has 2 unspecified atom stereocenters. The van der Waals surface area contributed by atoms with Gasteiger partial charge in [0.1, 0.15) is 0 Å². The van der Waals surface area contributed by atoms with Gasteiger partial charge in [0.15, 0.2) is 0 Å². The predicted molar refractivity (Wildman–Crippen MR) is 69.0 cm³/mol. The molecule has 0 nitrogen and oxygen atoms in total. The van der Waals surface area contributed by atoms with Gasteiger partial charge in [-0.15, -0.1) is 0 Å². The van der Waals surface area contributed by atoms with Gasteiger partial charge in [-0.2, -0.15) is 0 Å². The summed E-state index contributed by atoms with van der Waals surface area (Å²) in [6, 6.07) is 0. The Hall–Kier alpha value is 0. The molecule has 0 aromatic carbocycles. The molecule has 0 amide bonds. The van der Waals surface area contributed by atoms with Gasteiger partial charge in [-0.1, -0.05) is 47.5 Å². The normalized spacial score (nSPS) is 32.6. The van der Waals surface area contributed by atoms with Gasteiger partial charge in [0, 0.05) is 0 Å². The smallest absolute Gasteiger partial charge is 0.0321 e. The summed E-state index contributed by atoms with van der Waals surface area (Å²) in [6.45, 7) is 12.0. The van der Waals surface area contributed by atoms with Crippen molar-refractivity contribution in [1.29, 1.82) is 0 Å². The van der Waals surface area contributed by atoms with E-state index < -0.39 is 0 Å². The van der Waals surface area contributed by atoms with Crippen LogP contribution >= 0.6 is 0 Å². The summed E-state index contributed by atoms with van der Waals surface area (Å²) in [5, 5.41) is 0. The SMILES string of the molecule is CC(C)CC1CCCC(C)(CC(C)C)C1. The Morgan fingerprint density at radius 2 is 1.80 bits per heavy atom. The van der Waals surface area contributed by atoms with Crippen LogP contribution in [0.3, 0.4) is 0 Å². The summed E-state index contributed by atoms with van der Waals surface area (Å²) in [5.74, 6) is 2.77. The van der Waals surface area contributed by atoms with Crippen molar-refractivity contribution in [3.05, 3.63) is 0 Å². The predicted octanol–water partition coefficient (Wildman–Crippen LogP) is 5.28. The Labute approximate surface area is 96.8 Å². The second-order valence-electron chi connectivity index (χ2n) is 7.00. The number of rotatable bonds is 4. The molecular formula is C15H30. The summed E-state index contributed by atoms with van der Waals surface area (Å²) in [7, 11) is 0. The maximum absolute atomic E-state index is 2.53. The van der Waals surface area contributed by atoms with E-state index in [1.807, 2.05) is 0 Å². The Kier molecular flexibility index (Phi) is 4.67. The maximum atomic E-state index is 2.53. The van der Waals surface area contributed by atoms with Crippen molar-refractivity contribution in [2.45, 2.75) is 73.1 Å². The molecule has 0 N–H and O–H groups in total. The average molecular weight is 210 g/mol. The quantitative estimate of drug-likeness (QED) is 0.592. The lowest BCUT2D eigenvalue weighted by Gasteiger charge is -2.40. The van der Waals surface area contributed by atoms with Crippen LogP contribution in [-0.2, 0) is 0 Å². The van der Waals surface area contributed by atoms with Gasteiger partial charge in [-0.05, 0) is 48.9 Å². The average Bonchev–Trinajstić information content (AvgIpc) is 1.99. The summed E-state index contributed by atoms with van der Waals surface area (Å²) in [4.78, 5) is 0. The van der Waals surface area contributed by atoms with Crippen molar-refractivity contribution in [3.8, 4) is 0 Å². The second kappa shape index (κ2) is 5.37. The summed E-state index contributed by atoms with van der Waals surface area (Å²) < 4.78 is 0. The molecule has 0 spiro atoms. The van der Waals surface area contributed by atoms with Crippen LogP contribution in [0.15, 0.2) is 0 Å². The highest BCUT2D eigenvalue weighted by atomic mass is 14.4. The first-order valence-corrected chi connectivity index (χ1v) is 6.91. The van der Waals surface area contributed by atoms with E-state index in [9.17, 15) is 0 Å². The first-order chi connectivity index (χ1) is 6.91. The van der Waals surface area contributed by atoms with Crippen molar-refractivity contribution in [2.75, 3.05) is 0 Å². The van der Waals surface area contributed by atoms with Crippen LogP contribution in [0.2, 0.25) is 0 Å². The highest BCUT2D eigenvalue weighted by Crippen LogP contribution is 2.45. The standard InChI is InChI=1S/C15H30/c1-12(2)9-14-7-6-8-15(5,11-14)10-13(3)4/h12-14H,6-11H2,1-5H3. The van der Waals surface area contributed by atoms with E-state index >= 15 is 0 Å². The molecule has 0 bridgehead atoms. The Morgan fingerprint density at radius 3 is 2.33 bits per heavy atom. The van der Waals surface area contributed by atoms with E-state index in [0.717, 1.165) is 17.8 Å². The molecule has 0 saturated heterocycles. The van der Waals surface area contributed by atoms with Gasteiger partial charge in [0.2, 0.25) is 0 Å². The van der Waals surface area contributed by atoms with Crippen molar-refractivity contribution in [3.63, 3.8) is 0 Å². The fourth-order valence-corrected chi connectivity index (χ4v) is 3.76. The highest BCUT2D eigenvalue weighted by molar-refractivity contribution is 4.84. The monoisotopic (exact) mass is 210 g/mol. The Balaban J connectivity index is 2.46. The number of hydrogen-bond acceptors (Lipinski definition) is 0. The molecule has 90 valence electrons. The van der Waals surface area contributed by atoms with Gasteiger partial charge < -0.3 is 0 Å². The summed E-state index contributed by atoms with van der Waals surface area (Å²) in [5.41, 5.74) is 0.659. The van der Waals surface area contributed by atoms with Crippen LogP contribution in [0.5, 0.6) is 0 Å². The molecule has 1 aliphatic rings. The van der Waals surface area contributed by atoms with Crippen LogP contribution in [0.25, 0.3) is 0 Å². The molecule has 0 aromatic rings. The molecule has 0 aromatic heterocycles. The van der Waals surface area contributed by atoms with Crippen LogP contribution in [0, 0.1) is 23.2 Å². The van der Waals surface area contributed by atoms with Crippen LogP contribution in [0.1, 0.15) is 73.1 Å². The van der Waals surface area contributed by atoms with E-state index in [1.54, 1.807) is 0 Å². The molecule has 0 heterocycles. The van der Waals surface area contributed by atoms with E-state index in [0.29, 0.717) is 5.41 Å². The first kappa shape index (κ1) is 13.1. The second-order valence-corrected chi connectivity index (χ2v) is 7.00. The van der Waals surface area contributed by atoms with E-state index in [4.69, 9.17) is 0 Å². The first-order valence-electron chi connectivity index (χ1n) is 6.91. The Bertz CT molecular complexity index is 180. The van der Waals surface area contributed by atoms with Gasteiger partial charge >= 0.3 is 0 Å². The van der Waals surface area contributed by atoms with Crippen LogP contribution in [0.4, 0.5) is 0 Å². The summed E-state index contributed by atoms with van der Waals surface area (Å²) >= 11 is 0. The summed E-state index contributed by atoms with van der Waals surface area (Å²) in [6.07, 6.45) is 8.81. The molecule has 0 radical (unpaired) electrons. The third-order valence-electron chi connectivity index (χ3n) is 3.88. The van der Waals surface area contributed by atoms with Crippen LogP contribution < -0.4 is 0 Å². The molecule has 2 atom stereocenters. The minimum Gasteiger partial charge on any atom is -0.0628 e. The lowest BCUT2D eigenvalue weighted by molar-refractivity contribution is 0.118. The van der Waals surface area contributed by atoms with Gasteiger partial charge in [0.25, 0.3) is 0 Å². The minimum absolute atomic E-state index is 0.659. The van der Waals surface area contributed by atoms with Crippen molar-refractivity contribution >= 4 is 0 Å². The van der Waals surface area contributed by atoms with Crippen molar-refractivity contribution in [1.82, 2.24) is 0 Å². The van der Waals surface area contributed by atoms with Gasteiger partial charge in [-0.3, -0.25) is 0 Å². The molecule has 1 saturated carbocycles. The van der Waals surface area contributed by atoms with Gasteiger partial charge in [-0.25, -0.2) is 0 Å². The fourth-order valence-electron chi connectivity index (χ4n) is 3.76. The Morgan fingerprint density at radius 1 is 1.13 bits per heavy atom. The molecular weight excluding hydrogens is 180 g/mol. The largest absolute Gasteiger partial charge is 0.0628 e. The highest BCUT2D eigenvalue weighted by Gasteiger charge is 2.32. The zero-order valence-electron chi connectivity index (χ0n) is 11.5. The van der Waals surface area contributed by atoms with E-state index in [1.165, 1.54) is 38.5 Å². The van der Waals surface area contributed by atoms with Crippen molar-refractivity contribution in [2.24, 2.45) is 23.2 Å². The van der Waals surface area contributed by atoms with E-state index in [2.05, 4.69) is 34.6 Å². The molecule has 0 heteroatoms. The molecule has 1 aliphatic carbocycles. The van der Waals surface area contributed by atoms with E-state index in [-0.39, 0.29) is 0 Å². The maximum Gasteiger partial charge on any atom is -0.0321 e. The minimum atomic E-state index is 0.659. The lowest BCUT2D eigenvalue weighted by atomic mass is 9.66. The molecule has 0 aliphatic heterocycles. The zero-order valence-corrected chi connectivity index (χ0v) is 11.5. The third kappa shape index (κ3) is 4.57. The van der Waals surface area contributed by atoms with Crippen LogP contribution in [-0.4, -0.2) is 0 Å². The number of hydrogen-bond donors (Lipinski definition) is 0. The molecule has 1 rings (SSSR count). The lowest BCUT2D eigenvalue weighted by Crippen LogP contribution is -2.28.